The highest BCUT2D eigenvalue weighted by molar-refractivity contribution is 7.94. The number of hydrogen-bond donors (Lipinski definition) is 3. The summed E-state index contributed by atoms with van der Waals surface area (Å²) < 4.78 is 0. The zero-order valence-electron chi connectivity index (χ0n) is 20.5. The standard InChI is InChI=1S/C24H28ClN3O.C2H6.CH2OS/c1-4-18(16-26-3)17(2)28-13-11-21(12-14-28)27-20-7-5-19(6-8-20)23-15-22(29)9-10-24(23)25;1-2;2-1-3/h4-10,15-16,21,27,29H,2,11-14H2,1,3H3;1-2H3;1H,(H,2,3)/b18-4+,26-16?;;. The van der Waals surface area contributed by atoms with Gasteiger partial charge in [-0.3, -0.25) is 9.79 Å². The molecule has 0 saturated carbocycles. The van der Waals surface area contributed by atoms with E-state index >= 15 is 0 Å². The lowest BCUT2D eigenvalue weighted by atomic mass is 10.0. The van der Waals surface area contributed by atoms with Crippen LogP contribution in [0.15, 0.2) is 71.4 Å². The van der Waals surface area contributed by atoms with E-state index in [-0.39, 0.29) is 5.75 Å². The number of nitrogens with one attached hydrogen (secondary N) is 1. The lowest BCUT2D eigenvalue weighted by Crippen LogP contribution is -2.38. The molecule has 0 amide bonds. The van der Waals surface area contributed by atoms with Crippen molar-refractivity contribution in [3.05, 3.63) is 71.4 Å². The van der Waals surface area contributed by atoms with Gasteiger partial charge in [0.1, 0.15) is 5.75 Å². The second kappa shape index (κ2) is 16.0. The smallest absolute Gasteiger partial charge is 0.173 e. The number of aliphatic imine (C=N–C) groups is 1. The van der Waals surface area contributed by atoms with Gasteiger partial charge in [0.25, 0.3) is 0 Å². The fourth-order valence-electron chi connectivity index (χ4n) is 3.65. The number of likely N-dealkylation sites (tertiary alicyclic amines) is 1. The van der Waals surface area contributed by atoms with E-state index < -0.39 is 0 Å². The predicted molar refractivity (Wildman–Crippen MR) is 151 cm³/mol. The van der Waals surface area contributed by atoms with Gasteiger partial charge >= 0.3 is 0 Å². The Morgan fingerprint density at radius 1 is 1.21 bits per heavy atom. The molecule has 3 rings (SSSR count). The quantitative estimate of drug-likeness (QED) is 0.175. The van der Waals surface area contributed by atoms with Crippen molar-refractivity contribution < 1.29 is 9.90 Å². The molecular weight excluding hydrogens is 466 g/mol. The molecule has 2 aromatic carbocycles. The van der Waals surface area contributed by atoms with E-state index in [0.717, 1.165) is 54.0 Å². The summed E-state index contributed by atoms with van der Waals surface area (Å²) in [5.74, 6) is 0.214. The topological polar surface area (TPSA) is 64.9 Å². The van der Waals surface area contributed by atoms with Crippen molar-refractivity contribution in [1.29, 1.82) is 0 Å². The largest absolute Gasteiger partial charge is 0.508 e. The Hall–Kier alpha value is -2.70. The maximum Gasteiger partial charge on any atom is 0.173 e. The highest BCUT2D eigenvalue weighted by atomic mass is 35.5. The number of piperidine rings is 1. The molecule has 0 atom stereocenters. The summed E-state index contributed by atoms with van der Waals surface area (Å²) in [6, 6.07) is 13.6. The molecule has 0 unspecified atom stereocenters. The van der Waals surface area contributed by atoms with E-state index in [1.807, 2.05) is 39.1 Å². The van der Waals surface area contributed by atoms with Crippen LogP contribution in [-0.4, -0.2) is 48.0 Å². The molecule has 0 aromatic heterocycles. The first-order valence-corrected chi connectivity index (χ1v) is 12.3. The summed E-state index contributed by atoms with van der Waals surface area (Å²) in [4.78, 5) is 15.1. The van der Waals surface area contributed by atoms with Crippen molar-refractivity contribution in [2.75, 3.05) is 25.5 Å². The van der Waals surface area contributed by atoms with Gasteiger partial charge < -0.3 is 15.3 Å². The average molecular weight is 502 g/mol. The molecule has 0 bridgehead atoms. The molecule has 0 aliphatic carbocycles. The number of carbonyl (C=O) groups is 1. The minimum atomic E-state index is 0.214. The monoisotopic (exact) mass is 501 g/mol. The number of aromatic hydroxyl groups is 1. The molecule has 1 heterocycles. The number of benzene rings is 2. The third-order valence-corrected chi connectivity index (χ3v) is 5.64. The number of thiol groups is 1. The summed E-state index contributed by atoms with van der Waals surface area (Å²) in [6.07, 6.45) is 6.03. The summed E-state index contributed by atoms with van der Waals surface area (Å²) in [7, 11) is 1.78. The van der Waals surface area contributed by atoms with Crippen molar-refractivity contribution >= 4 is 41.7 Å². The second-order valence-corrected chi connectivity index (χ2v) is 7.95. The van der Waals surface area contributed by atoms with Crippen LogP contribution in [0.2, 0.25) is 5.02 Å². The van der Waals surface area contributed by atoms with Crippen LogP contribution in [0.4, 0.5) is 5.69 Å². The number of nitrogens with zero attached hydrogens (tertiary/aromatic N) is 2. The number of halogens is 1. The third kappa shape index (κ3) is 8.92. The molecule has 34 heavy (non-hydrogen) atoms. The fraction of sp³-hybridized carbons (Fsp3) is 0.333. The summed E-state index contributed by atoms with van der Waals surface area (Å²) in [6.45, 7) is 12.2. The Balaban J connectivity index is 0.00000107. The highest BCUT2D eigenvalue weighted by Crippen LogP contribution is 2.32. The van der Waals surface area contributed by atoms with Gasteiger partial charge in [-0.2, -0.15) is 0 Å². The third-order valence-electron chi connectivity index (χ3n) is 5.31. The molecule has 0 radical (unpaired) electrons. The van der Waals surface area contributed by atoms with Gasteiger partial charge in [0, 0.05) is 59.9 Å². The first-order valence-electron chi connectivity index (χ1n) is 11.4. The number of phenolic OH excluding ortho intramolecular Hbond substituents is 1. The van der Waals surface area contributed by atoms with Crippen LogP contribution in [0.5, 0.6) is 5.75 Å². The molecular formula is C27H36ClN3O2S. The van der Waals surface area contributed by atoms with Gasteiger partial charge in [0.05, 0.1) is 0 Å². The van der Waals surface area contributed by atoms with Crippen LogP contribution in [0.1, 0.15) is 33.6 Å². The summed E-state index contributed by atoms with van der Waals surface area (Å²) in [5, 5.41) is 14.0. The normalized spacial score (nSPS) is 13.9. The van der Waals surface area contributed by atoms with Gasteiger partial charge in [-0.05, 0) is 55.7 Å². The minimum Gasteiger partial charge on any atom is -0.508 e. The average Bonchev–Trinajstić information content (AvgIpc) is 2.86. The molecule has 2 N–H and O–H groups in total. The fourth-order valence-corrected chi connectivity index (χ4v) is 3.87. The number of carbonyl (C=O) groups excluding carboxylic acids is 1. The van der Waals surface area contributed by atoms with Crippen LogP contribution in [-0.2, 0) is 4.79 Å². The lowest BCUT2D eigenvalue weighted by molar-refractivity contribution is 0.278. The van der Waals surface area contributed by atoms with Crippen molar-refractivity contribution in [2.45, 2.75) is 39.7 Å². The van der Waals surface area contributed by atoms with Crippen molar-refractivity contribution in [3.63, 3.8) is 0 Å². The lowest BCUT2D eigenvalue weighted by Gasteiger charge is -2.35. The Labute approximate surface area is 214 Å². The molecule has 1 aliphatic rings. The molecule has 2 aromatic rings. The van der Waals surface area contributed by atoms with Crippen molar-refractivity contribution in [3.8, 4) is 16.9 Å². The first-order chi connectivity index (χ1) is 16.4. The Morgan fingerprint density at radius 2 is 1.79 bits per heavy atom. The van der Waals surface area contributed by atoms with Crippen molar-refractivity contribution in [2.24, 2.45) is 4.99 Å². The van der Waals surface area contributed by atoms with Gasteiger partial charge in [0.2, 0.25) is 0 Å². The van der Waals surface area contributed by atoms with Crippen LogP contribution >= 0.6 is 24.2 Å². The molecule has 1 saturated heterocycles. The number of hydrogen-bond acceptors (Lipinski definition) is 5. The zero-order valence-corrected chi connectivity index (χ0v) is 22.1. The van der Waals surface area contributed by atoms with Crippen LogP contribution in [0.3, 0.4) is 0 Å². The number of rotatable bonds is 6. The van der Waals surface area contributed by atoms with E-state index in [4.69, 9.17) is 16.4 Å². The zero-order chi connectivity index (χ0) is 25.5. The number of anilines is 1. The Bertz CT molecular complexity index is 966. The number of phenols is 1. The summed E-state index contributed by atoms with van der Waals surface area (Å²) in [5.41, 5.74) is 5.48. The summed E-state index contributed by atoms with van der Waals surface area (Å²) >= 11 is 9.38. The van der Waals surface area contributed by atoms with Gasteiger partial charge in [-0.15, -0.1) is 12.6 Å². The van der Waals surface area contributed by atoms with E-state index in [1.54, 1.807) is 25.2 Å². The Morgan fingerprint density at radius 3 is 2.32 bits per heavy atom. The van der Waals surface area contributed by atoms with Gasteiger partial charge in [-0.1, -0.05) is 50.2 Å². The van der Waals surface area contributed by atoms with Crippen LogP contribution in [0.25, 0.3) is 11.1 Å². The molecule has 0 spiro atoms. The highest BCUT2D eigenvalue weighted by Gasteiger charge is 2.21. The molecule has 184 valence electrons. The van der Waals surface area contributed by atoms with E-state index in [1.165, 1.54) is 0 Å². The Kier molecular flexibility index (Phi) is 13.8. The van der Waals surface area contributed by atoms with Gasteiger partial charge in [0.15, 0.2) is 5.62 Å². The van der Waals surface area contributed by atoms with Crippen LogP contribution in [0, 0.1) is 0 Å². The SMILES string of the molecule is C=C(/C(C=NC)=C/C)N1CCC(Nc2ccc(-c3cc(O)ccc3Cl)cc2)CC1.CC.O=CS. The van der Waals surface area contributed by atoms with E-state index in [0.29, 0.717) is 16.7 Å². The molecule has 1 fully saturated rings. The molecule has 1 aliphatic heterocycles. The number of allylic oxidation sites excluding steroid dienone is 2. The second-order valence-electron chi connectivity index (χ2n) is 7.33. The van der Waals surface area contributed by atoms with E-state index in [2.05, 4.69) is 52.6 Å². The molecule has 7 heteroatoms. The van der Waals surface area contributed by atoms with Crippen molar-refractivity contribution in [1.82, 2.24) is 4.90 Å². The van der Waals surface area contributed by atoms with Crippen LogP contribution < -0.4 is 5.32 Å². The maximum absolute atomic E-state index is 9.72. The van der Waals surface area contributed by atoms with Gasteiger partial charge in [-0.25, -0.2) is 0 Å². The first kappa shape index (κ1) is 29.3. The van der Waals surface area contributed by atoms with E-state index in [9.17, 15) is 5.11 Å². The maximum atomic E-state index is 9.72. The minimum absolute atomic E-state index is 0.214. The predicted octanol–water partition coefficient (Wildman–Crippen LogP) is 6.88. The molecule has 5 nitrogen and oxygen atoms in total.